The van der Waals surface area contributed by atoms with Crippen molar-refractivity contribution in [3.05, 3.63) is 59.2 Å². The molecule has 0 saturated carbocycles. The third-order valence-corrected chi connectivity index (χ3v) is 3.65. The molecular weight excluding hydrogens is 332 g/mol. The van der Waals surface area contributed by atoms with E-state index in [2.05, 4.69) is 10.1 Å². The Bertz CT molecular complexity index is 877. The normalized spacial score (nSPS) is 15.1. The van der Waals surface area contributed by atoms with E-state index >= 15 is 0 Å². The maximum atomic E-state index is 12.4. The van der Waals surface area contributed by atoms with Crippen LogP contribution >= 0.6 is 0 Å². The molecule has 1 aliphatic rings. The number of rotatable bonds is 4. The number of amides is 2. The topological polar surface area (TPSA) is 64.6 Å². The predicted molar refractivity (Wildman–Crippen MR) is 86.4 cm³/mol. The number of halogens is 2. The Kier molecular flexibility index (Phi) is 4.47. The van der Waals surface area contributed by atoms with Crippen molar-refractivity contribution >= 4 is 23.5 Å². The molecule has 2 aromatic rings. The Hall–Kier alpha value is -3.22. The quantitative estimate of drug-likeness (QED) is 0.683. The van der Waals surface area contributed by atoms with Crippen LogP contribution in [-0.2, 0) is 4.79 Å². The minimum Gasteiger partial charge on any atom is -0.493 e. The molecule has 2 aromatic carbocycles. The highest BCUT2D eigenvalue weighted by Crippen LogP contribution is 2.32. The summed E-state index contributed by atoms with van der Waals surface area (Å²) in [6.45, 7) is -2.97. The van der Waals surface area contributed by atoms with Crippen molar-refractivity contribution in [3.8, 4) is 11.5 Å². The van der Waals surface area contributed by atoms with Gasteiger partial charge in [-0.3, -0.25) is 14.9 Å². The minimum atomic E-state index is -2.97. The van der Waals surface area contributed by atoms with Gasteiger partial charge in [-0.05, 0) is 35.4 Å². The van der Waals surface area contributed by atoms with Crippen LogP contribution in [0.3, 0.4) is 0 Å². The molecule has 1 N–H and O–H groups in total. The second kappa shape index (κ2) is 6.72. The number of imide groups is 1. The number of alkyl halides is 2. The minimum absolute atomic E-state index is 0.107. The highest BCUT2D eigenvalue weighted by molar-refractivity contribution is 6.33. The van der Waals surface area contributed by atoms with Crippen molar-refractivity contribution in [1.82, 2.24) is 5.32 Å². The zero-order valence-corrected chi connectivity index (χ0v) is 13.1. The summed E-state index contributed by atoms with van der Waals surface area (Å²) in [5, 5.41) is 2.27. The lowest BCUT2D eigenvalue weighted by atomic mass is 9.93. The van der Waals surface area contributed by atoms with Crippen molar-refractivity contribution in [2.45, 2.75) is 6.61 Å². The fourth-order valence-electron chi connectivity index (χ4n) is 2.55. The molecule has 2 amide bonds. The van der Waals surface area contributed by atoms with E-state index in [9.17, 15) is 18.4 Å². The van der Waals surface area contributed by atoms with Gasteiger partial charge in [-0.1, -0.05) is 24.3 Å². The molecule has 0 atom stereocenters. The summed E-state index contributed by atoms with van der Waals surface area (Å²) < 4.78 is 34.2. The van der Waals surface area contributed by atoms with E-state index in [-0.39, 0.29) is 11.5 Å². The zero-order chi connectivity index (χ0) is 18.0. The maximum Gasteiger partial charge on any atom is 0.387 e. The Balaban J connectivity index is 2.04. The second-order valence-electron chi connectivity index (χ2n) is 5.18. The van der Waals surface area contributed by atoms with Gasteiger partial charge in [-0.25, -0.2) is 0 Å². The molecule has 1 aliphatic heterocycles. The lowest BCUT2D eigenvalue weighted by molar-refractivity contribution is -0.114. The highest BCUT2D eigenvalue weighted by Gasteiger charge is 2.26. The molecule has 7 heteroatoms. The van der Waals surface area contributed by atoms with E-state index in [0.29, 0.717) is 22.3 Å². The SMILES string of the molecule is COc1cc(/C=C2\C(=O)NC(=O)c3ccccc32)ccc1OC(F)F. The Morgan fingerprint density at radius 2 is 1.72 bits per heavy atom. The van der Waals surface area contributed by atoms with Crippen molar-refractivity contribution in [2.24, 2.45) is 0 Å². The van der Waals surface area contributed by atoms with Crippen LogP contribution in [0.5, 0.6) is 11.5 Å². The van der Waals surface area contributed by atoms with Gasteiger partial charge in [0.1, 0.15) is 0 Å². The zero-order valence-electron chi connectivity index (χ0n) is 13.1. The Morgan fingerprint density at radius 1 is 1.00 bits per heavy atom. The lowest BCUT2D eigenvalue weighted by Gasteiger charge is -2.18. The lowest BCUT2D eigenvalue weighted by Crippen LogP contribution is -2.36. The molecule has 0 spiro atoms. The number of hydrogen-bond acceptors (Lipinski definition) is 4. The molecule has 0 aromatic heterocycles. The number of methoxy groups -OCH3 is 1. The number of carbonyl (C=O) groups excluding carboxylic acids is 2. The number of benzene rings is 2. The molecule has 0 radical (unpaired) electrons. The van der Waals surface area contributed by atoms with Crippen molar-refractivity contribution in [1.29, 1.82) is 0 Å². The Morgan fingerprint density at radius 3 is 2.40 bits per heavy atom. The largest absolute Gasteiger partial charge is 0.493 e. The summed E-state index contributed by atoms with van der Waals surface area (Å²) in [5.74, 6) is -0.995. The summed E-state index contributed by atoms with van der Waals surface area (Å²) in [5.41, 5.74) is 1.72. The molecule has 1 heterocycles. The van der Waals surface area contributed by atoms with Crippen LogP contribution in [0.25, 0.3) is 11.6 Å². The van der Waals surface area contributed by atoms with Crippen LogP contribution in [0.15, 0.2) is 42.5 Å². The van der Waals surface area contributed by atoms with E-state index in [1.807, 2.05) is 0 Å². The first-order chi connectivity index (χ1) is 12.0. The fourth-order valence-corrected chi connectivity index (χ4v) is 2.55. The number of ether oxygens (including phenoxy) is 2. The first-order valence-corrected chi connectivity index (χ1v) is 7.29. The van der Waals surface area contributed by atoms with Crippen LogP contribution in [0.1, 0.15) is 21.5 Å². The van der Waals surface area contributed by atoms with Crippen LogP contribution in [-0.4, -0.2) is 25.5 Å². The monoisotopic (exact) mass is 345 g/mol. The van der Waals surface area contributed by atoms with Crippen LogP contribution in [0.4, 0.5) is 8.78 Å². The average Bonchev–Trinajstić information content (AvgIpc) is 2.59. The van der Waals surface area contributed by atoms with Gasteiger partial charge in [0, 0.05) is 11.1 Å². The van der Waals surface area contributed by atoms with Gasteiger partial charge in [0.15, 0.2) is 11.5 Å². The molecule has 128 valence electrons. The van der Waals surface area contributed by atoms with Gasteiger partial charge in [-0.2, -0.15) is 8.78 Å². The van der Waals surface area contributed by atoms with Gasteiger partial charge in [0.05, 0.1) is 7.11 Å². The third-order valence-electron chi connectivity index (χ3n) is 3.65. The van der Waals surface area contributed by atoms with Crippen LogP contribution in [0, 0.1) is 0 Å². The standard InChI is InChI=1S/C18H13F2NO4/c1-24-15-9-10(6-7-14(15)25-18(19)20)8-13-11-4-2-3-5-12(11)16(22)21-17(13)23/h2-9,18H,1H3,(H,21,22,23)/b13-8-. The fraction of sp³-hybridized carbons (Fsp3) is 0.111. The summed E-state index contributed by atoms with van der Waals surface area (Å²) in [7, 11) is 1.33. The van der Waals surface area contributed by atoms with Crippen molar-refractivity contribution in [3.63, 3.8) is 0 Å². The first kappa shape index (κ1) is 16.6. The first-order valence-electron chi connectivity index (χ1n) is 7.29. The summed E-state index contributed by atoms with van der Waals surface area (Å²) in [6, 6.07) is 11.0. The molecule has 25 heavy (non-hydrogen) atoms. The molecule has 0 aliphatic carbocycles. The van der Waals surface area contributed by atoms with E-state index in [0.717, 1.165) is 0 Å². The predicted octanol–water partition coefficient (Wildman–Crippen LogP) is 3.11. The number of fused-ring (bicyclic) bond motifs is 1. The second-order valence-corrected chi connectivity index (χ2v) is 5.18. The smallest absolute Gasteiger partial charge is 0.387 e. The van der Waals surface area contributed by atoms with Crippen LogP contribution < -0.4 is 14.8 Å². The van der Waals surface area contributed by atoms with Gasteiger partial charge < -0.3 is 9.47 Å². The molecule has 5 nitrogen and oxygen atoms in total. The third kappa shape index (κ3) is 3.35. The van der Waals surface area contributed by atoms with Crippen LogP contribution in [0.2, 0.25) is 0 Å². The van der Waals surface area contributed by atoms with Gasteiger partial charge in [0.2, 0.25) is 0 Å². The molecule has 0 fully saturated rings. The molecular formula is C18H13F2NO4. The van der Waals surface area contributed by atoms with E-state index in [1.165, 1.54) is 25.3 Å². The molecule has 0 bridgehead atoms. The summed E-state index contributed by atoms with van der Waals surface area (Å²) in [4.78, 5) is 24.1. The van der Waals surface area contributed by atoms with E-state index < -0.39 is 18.4 Å². The van der Waals surface area contributed by atoms with Gasteiger partial charge >= 0.3 is 6.61 Å². The van der Waals surface area contributed by atoms with Gasteiger partial charge in [0.25, 0.3) is 11.8 Å². The summed E-state index contributed by atoms with van der Waals surface area (Å²) in [6.07, 6.45) is 1.55. The Labute approximate surface area is 141 Å². The maximum absolute atomic E-state index is 12.4. The highest BCUT2D eigenvalue weighted by atomic mass is 19.3. The van der Waals surface area contributed by atoms with E-state index in [4.69, 9.17) is 4.74 Å². The average molecular weight is 345 g/mol. The number of nitrogens with one attached hydrogen (secondary N) is 1. The summed E-state index contributed by atoms with van der Waals surface area (Å²) >= 11 is 0. The number of hydrogen-bond donors (Lipinski definition) is 1. The van der Waals surface area contributed by atoms with Crippen molar-refractivity contribution < 1.29 is 27.8 Å². The molecule has 0 unspecified atom stereocenters. The number of carbonyl (C=O) groups is 2. The van der Waals surface area contributed by atoms with E-state index in [1.54, 1.807) is 30.3 Å². The molecule has 0 saturated heterocycles. The molecule has 3 rings (SSSR count). The van der Waals surface area contributed by atoms with Gasteiger partial charge in [-0.15, -0.1) is 0 Å². The van der Waals surface area contributed by atoms with Crippen molar-refractivity contribution in [2.75, 3.05) is 7.11 Å².